The summed E-state index contributed by atoms with van der Waals surface area (Å²) in [5.74, 6) is 0.214. The van der Waals surface area contributed by atoms with Gasteiger partial charge in [-0.25, -0.2) is 0 Å². The van der Waals surface area contributed by atoms with Gasteiger partial charge in [0.05, 0.1) is 24.0 Å². The van der Waals surface area contributed by atoms with Gasteiger partial charge in [-0.05, 0) is 48.0 Å². The first-order chi connectivity index (χ1) is 19.6. The van der Waals surface area contributed by atoms with E-state index in [9.17, 15) is 9.59 Å². The van der Waals surface area contributed by atoms with E-state index in [-0.39, 0.29) is 50.6 Å². The number of amides is 2. The van der Waals surface area contributed by atoms with Crippen LogP contribution < -0.4 is 10.2 Å². The molecule has 42 heavy (non-hydrogen) atoms. The average Bonchev–Trinajstić information content (AvgIpc) is 3.62. The van der Waals surface area contributed by atoms with Gasteiger partial charge in [0.25, 0.3) is 0 Å². The molecule has 6 atom stereocenters. The minimum Gasteiger partial charge on any atom is -0.354 e. The molecule has 0 aromatic heterocycles. The highest BCUT2D eigenvalue weighted by Crippen LogP contribution is 2.83. The standard InChI is InChI=1S/C32H36Br6N2O2/c1-27(2)29(23(35)36)12-14-31(27,21(29)33)25(41)39-16-17-40(20-11-7-9-18-8-5-6-10-19(18)20)26(42)32-15-13-30(22(32)34,24(37)38)28(32,3)4/h5-11,21-24H,12-17H2,1-4H3,(H,39,41). The Morgan fingerprint density at radius 3 is 1.88 bits per heavy atom. The average molecular weight is 960 g/mol. The summed E-state index contributed by atoms with van der Waals surface area (Å²) in [6.45, 7) is 9.73. The topological polar surface area (TPSA) is 49.4 Å². The Balaban J connectivity index is 1.31. The van der Waals surface area contributed by atoms with Crippen LogP contribution in [-0.2, 0) is 9.59 Å². The van der Waals surface area contributed by atoms with Crippen molar-refractivity contribution in [2.45, 2.75) is 70.5 Å². The Morgan fingerprint density at radius 2 is 1.33 bits per heavy atom. The van der Waals surface area contributed by atoms with Crippen LogP contribution in [0.1, 0.15) is 53.4 Å². The van der Waals surface area contributed by atoms with Crippen molar-refractivity contribution >= 4 is 124 Å². The number of nitrogens with zero attached hydrogens (tertiary/aromatic N) is 1. The lowest BCUT2D eigenvalue weighted by Gasteiger charge is -2.66. The van der Waals surface area contributed by atoms with E-state index in [2.05, 4.69) is 147 Å². The van der Waals surface area contributed by atoms with Gasteiger partial charge in [-0.2, -0.15) is 0 Å². The second-order valence-corrected chi connectivity index (χ2v) is 21.8. The van der Waals surface area contributed by atoms with Crippen molar-refractivity contribution in [3.05, 3.63) is 42.5 Å². The van der Waals surface area contributed by atoms with E-state index >= 15 is 0 Å². The minimum atomic E-state index is -0.546. The van der Waals surface area contributed by atoms with Gasteiger partial charge in [0.1, 0.15) is 0 Å². The molecule has 8 rings (SSSR count). The molecular formula is C32H36Br6N2O2. The number of anilines is 1. The molecule has 2 aromatic carbocycles. The van der Waals surface area contributed by atoms with Crippen LogP contribution in [0, 0.1) is 32.5 Å². The molecule has 10 heteroatoms. The summed E-state index contributed by atoms with van der Waals surface area (Å²) in [6, 6.07) is 14.4. The first-order valence-electron chi connectivity index (χ1n) is 14.6. The fourth-order valence-electron chi connectivity index (χ4n) is 9.82. The third-order valence-corrected chi connectivity index (χ3v) is 19.1. The van der Waals surface area contributed by atoms with Crippen LogP contribution >= 0.6 is 95.6 Å². The lowest BCUT2D eigenvalue weighted by atomic mass is 9.43. The zero-order chi connectivity index (χ0) is 30.7. The van der Waals surface area contributed by atoms with Crippen LogP contribution in [0.2, 0.25) is 0 Å². The van der Waals surface area contributed by atoms with Crippen molar-refractivity contribution in [2.24, 2.45) is 32.5 Å². The number of hydrogen-bond donors (Lipinski definition) is 1. The second-order valence-electron chi connectivity index (χ2n) is 13.8. The number of halogens is 6. The Bertz CT molecular complexity index is 1460. The molecule has 2 aromatic rings. The van der Waals surface area contributed by atoms with Crippen molar-refractivity contribution in [3.63, 3.8) is 0 Å². The van der Waals surface area contributed by atoms with E-state index < -0.39 is 10.8 Å². The molecule has 6 aliphatic carbocycles. The number of rotatable bonds is 8. The Morgan fingerprint density at radius 1 is 0.810 bits per heavy atom. The SMILES string of the molecule is CC1(C)C2(C(=O)NCCN(C(=O)C34CCC(C(Br)Br)(C3Br)C4(C)C)c3cccc4ccccc34)CCC1(C(Br)Br)C2Br. The summed E-state index contributed by atoms with van der Waals surface area (Å²) in [6.07, 6.45) is 3.59. The van der Waals surface area contributed by atoms with Gasteiger partial charge in [0.15, 0.2) is 0 Å². The molecule has 0 spiro atoms. The summed E-state index contributed by atoms with van der Waals surface area (Å²) in [4.78, 5) is 31.0. The second kappa shape index (κ2) is 10.5. The molecule has 6 aliphatic rings. The molecule has 2 amide bonds. The van der Waals surface area contributed by atoms with E-state index in [4.69, 9.17) is 0 Å². The summed E-state index contributed by atoms with van der Waals surface area (Å²) in [7, 11) is 0. The highest BCUT2D eigenvalue weighted by Gasteiger charge is 2.84. The van der Waals surface area contributed by atoms with Gasteiger partial charge < -0.3 is 10.2 Å². The fourth-order valence-corrected chi connectivity index (χ4v) is 19.6. The normalized spacial score (nSPS) is 37.0. The maximum atomic E-state index is 14.9. The maximum absolute atomic E-state index is 14.9. The molecule has 0 radical (unpaired) electrons. The first kappa shape index (κ1) is 32.5. The molecule has 0 aliphatic heterocycles. The molecule has 0 heterocycles. The maximum Gasteiger partial charge on any atom is 0.235 e. The molecule has 4 nitrogen and oxygen atoms in total. The van der Waals surface area contributed by atoms with Crippen LogP contribution in [0.4, 0.5) is 5.69 Å². The minimum absolute atomic E-state index is 0.0349. The van der Waals surface area contributed by atoms with Crippen LogP contribution in [0.25, 0.3) is 10.8 Å². The van der Waals surface area contributed by atoms with Crippen LogP contribution in [0.15, 0.2) is 42.5 Å². The molecule has 4 bridgehead atoms. The van der Waals surface area contributed by atoms with Gasteiger partial charge in [0, 0.05) is 39.0 Å². The van der Waals surface area contributed by atoms with Gasteiger partial charge >= 0.3 is 0 Å². The van der Waals surface area contributed by atoms with Crippen LogP contribution in [-0.4, -0.2) is 42.0 Å². The number of hydrogen-bond acceptors (Lipinski definition) is 2. The molecule has 0 saturated heterocycles. The van der Waals surface area contributed by atoms with E-state index in [1.54, 1.807) is 0 Å². The summed E-state index contributed by atoms with van der Waals surface area (Å²) in [5.41, 5.74) is -0.655. The Kier molecular flexibility index (Phi) is 8.13. The summed E-state index contributed by atoms with van der Waals surface area (Å²) in [5, 5.41) is 5.44. The van der Waals surface area contributed by atoms with E-state index in [1.807, 2.05) is 29.2 Å². The van der Waals surface area contributed by atoms with Gasteiger partial charge in [-0.3, -0.25) is 9.59 Å². The molecule has 1 N–H and O–H groups in total. The van der Waals surface area contributed by atoms with Crippen molar-refractivity contribution in [2.75, 3.05) is 18.0 Å². The predicted octanol–water partition coefficient (Wildman–Crippen LogP) is 9.66. The van der Waals surface area contributed by atoms with Crippen molar-refractivity contribution in [1.29, 1.82) is 0 Å². The molecule has 228 valence electrons. The summed E-state index contributed by atoms with van der Waals surface area (Å²) >= 11 is 23.2. The third kappa shape index (κ3) is 3.55. The van der Waals surface area contributed by atoms with Crippen molar-refractivity contribution in [1.82, 2.24) is 5.32 Å². The third-order valence-electron chi connectivity index (χ3n) is 12.7. The van der Waals surface area contributed by atoms with Gasteiger partial charge in [-0.1, -0.05) is 160 Å². The number of nitrogens with one attached hydrogen (secondary N) is 1. The smallest absolute Gasteiger partial charge is 0.235 e. The fraction of sp³-hybridized carbons (Fsp3) is 0.625. The lowest BCUT2D eigenvalue weighted by molar-refractivity contribution is -0.162. The molecular weight excluding hydrogens is 924 g/mol. The highest BCUT2D eigenvalue weighted by molar-refractivity contribution is 9.25. The Labute approximate surface area is 299 Å². The number of alkyl halides is 6. The predicted molar refractivity (Wildman–Crippen MR) is 194 cm³/mol. The number of benzene rings is 2. The quantitative estimate of drug-likeness (QED) is 0.268. The highest BCUT2D eigenvalue weighted by atomic mass is 79.9. The number of carbonyl (C=O) groups is 2. The van der Waals surface area contributed by atoms with Crippen molar-refractivity contribution in [3.8, 4) is 0 Å². The van der Waals surface area contributed by atoms with Crippen molar-refractivity contribution < 1.29 is 9.59 Å². The zero-order valence-corrected chi connectivity index (χ0v) is 33.6. The molecule has 6 unspecified atom stereocenters. The lowest BCUT2D eigenvalue weighted by Crippen LogP contribution is -2.73. The zero-order valence-electron chi connectivity index (χ0n) is 24.1. The number of carbonyl (C=O) groups excluding carboxylic acids is 2. The van der Waals surface area contributed by atoms with Crippen LogP contribution in [0.3, 0.4) is 0 Å². The summed E-state index contributed by atoms with van der Waals surface area (Å²) < 4.78 is 0.226. The number of fused-ring (bicyclic) bond motifs is 3. The Hall–Kier alpha value is 0.520. The van der Waals surface area contributed by atoms with E-state index in [0.717, 1.165) is 42.1 Å². The van der Waals surface area contributed by atoms with E-state index in [0.29, 0.717) is 13.1 Å². The molecule has 6 saturated carbocycles. The first-order valence-corrected chi connectivity index (χ1v) is 20.0. The van der Waals surface area contributed by atoms with Gasteiger partial charge in [-0.15, -0.1) is 0 Å². The van der Waals surface area contributed by atoms with E-state index in [1.165, 1.54) is 0 Å². The van der Waals surface area contributed by atoms with Gasteiger partial charge in [0.2, 0.25) is 11.8 Å². The van der Waals surface area contributed by atoms with Crippen LogP contribution in [0.5, 0.6) is 0 Å². The monoisotopic (exact) mass is 954 g/mol. The largest absolute Gasteiger partial charge is 0.354 e. The molecule has 6 fully saturated rings.